The van der Waals surface area contributed by atoms with Crippen LogP contribution in [0.15, 0.2) is 59.8 Å². The Hall–Kier alpha value is -5.58. The number of hydrogen-bond acceptors (Lipinski definition) is 11. The fourth-order valence-corrected chi connectivity index (χ4v) is 6.60. The Kier molecular flexibility index (Phi) is 9.36. The number of benzene rings is 2. The highest BCUT2D eigenvalue weighted by Crippen LogP contribution is 2.40. The smallest absolute Gasteiger partial charge is 0.352 e. The van der Waals surface area contributed by atoms with E-state index in [0.717, 1.165) is 16.7 Å². The summed E-state index contributed by atoms with van der Waals surface area (Å²) >= 11 is 1.16. The number of thioether (sulfide) groups is 1. The maximum atomic E-state index is 13.6. The molecule has 3 heterocycles. The fourth-order valence-electron chi connectivity index (χ4n) is 5.27. The van der Waals surface area contributed by atoms with Crippen LogP contribution in [0.2, 0.25) is 0 Å². The minimum absolute atomic E-state index is 0.0496. The fraction of sp³-hybridized carbons (Fsp3) is 0.300. The molecule has 47 heavy (non-hydrogen) atoms. The van der Waals surface area contributed by atoms with Gasteiger partial charge in [0.2, 0.25) is 5.91 Å². The minimum atomic E-state index is -1.41. The van der Waals surface area contributed by atoms with Gasteiger partial charge in [0.25, 0.3) is 5.91 Å². The van der Waals surface area contributed by atoms with Gasteiger partial charge in [0.05, 0.1) is 0 Å². The van der Waals surface area contributed by atoms with E-state index in [1.165, 1.54) is 30.0 Å². The van der Waals surface area contributed by atoms with Crippen LogP contribution in [-0.4, -0.2) is 108 Å². The summed E-state index contributed by atoms with van der Waals surface area (Å²) in [5, 5.41) is 33.3. The van der Waals surface area contributed by atoms with Gasteiger partial charge in [0, 0.05) is 37.9 Å². The first-order valence-electron chi connectivity index (χ1n) is 14.2. The third-order valence-electron chi connectivity index (χ3n) is 7.63. The molecule has 0 spiro atoms. The average Bonchev–Trinajstić information content (AvgIpc) is 3.04. The van der Waals surface area contributed by atoms with Gasteiger partial charge in [-0.3, -0.25) is 33.8 Å². The predicted molar refractivity (Wildman–Crippen MR) is 161 cm³/mol. The molecule has 3 aliphatic rings. The molecular formula is C30H29N5O11S. The van der Waals surface area contributed by atoms with E-state index in [-0.39, 0.29) is 49.0 Å². The van der Waals surface area contributed by atoms with Crippen molar-refractivity contribution in [1.29, 1.82) is 0 Å². The second-order valence-corrected chi connectivity index (χ2v) is 11.8. The molecule has 0 bridgehead atoms. The molecule has 0 radical (unpaired) electrons. The molecule has 16 nitrogen and oxygen atoms in total. The number of hydrogen-bond donors (Lipinski definition) is 5. The number of rotatable bonds is 9. The topological polar surface area (TPSA) is 223 Å². The summed E-state index contributed by atoms with van der Waals surface area (Å²) in [6.07, 6.45) is 0. The summed E-state index contributed by atoms with van der Waals surface area (Å²) in [5.74, 6) is -6.33. The number of phenols is 2. The summed E-state index contributed by atoms with van der Waals surface area (Å²) in [6, 6.07) is 8.34. The molecule has 5 rings (SSSR count). The van der Waals surface area contributed by atoms with Crippen LogP contribution in [0.5, 0.6) is 11.5 Å². The van der Waals surface area contributed by atoms with Crippen LogP contribution >= 0.6 is 11.8 Å². The number of aromatic hydroxyl groups is 2. The molecule has 0 saturated carbocycles. The summed E-state index contributed by atoms with van der Waals surface area (Å²) < 4.78 is 4.93. The van der Waals surface area contributed by atoms with Crippen LogP contribution in [0, 0.1) is 0 Å². The third kappa shape index (κ3) is 6.69. The highest BCUT2D eigenvalue weighted by Gasteiger charge is 2.54. The number of aliphatic carboxylic acids is 1. The van der Waals surface area contributed by atoms with Crippen LogP contribution in [-0.2, 0) is 40.0 Å². The maximum absolute atomic E-state index is 13.6. The number of phenolic OH excluding ortho intramolecular Hbond substituents is 2. The van der Waals surface area contributed by atoms with Crippen LogP contribution in [0.25, 0.3) is 0 Å². The van der Waals surface area contributed by atoms with Gasteiger partial charge in [-0.25, -0.2) is 9.59 Å². The lowest BCUT2D eigenvalue weighted by molar-refractivity contribution is -0.154. The molecule has 3 atom stereocenters. The molecule has 246 valence electrons. The van der Waals surface area contributed by atoms with Gasteiger partial charge in [-0.05, 0) is 23.3 Å². The van der Waals surface area contributed by atoms with Crippen molar-refractivity contribution < 1.29 is 53.6 Å². The number of nitrogens with zero attached hydrogens (tertiary/aromatic N) is 3. The Balaban J connectivity index is 1.27. The number of ether oxygens (including phenoxy) is 1. The zero-order valence-corrected chi connectivity index (χ0v) is 25.6. The van der Waals surface area contributed by atoms with Crippen molar-refractivity contribution in [2.45, 2.75) is 30.9 Å². The maximum Gasteiger partial charge on any atom is 0.352 e. The van der Waals surface area contributed by atoms with Gasteiger partial charge >= 0.3 is 29.8 Å². The molecule has 5 N–H and O–H groups in total. The Morgan fingerprint density at radius 1 is 1.00 bits per heavy atom. The van der Waals surface area contributed by atoms with Gasteiger partial charge < -0.3 is 35.6 Å². The number of piperazine rings is 1. The number of fused-ring (bicyclic) bond motifs is 1. The predicted octanol–water partition coefficient (Wildman–Crippen LogP) is 0.0212. The lowest BCUT2D eigenvalue weighted by Gasteiger charge is -2.49. The molecular weight excluding hydrogens is 638 g/mol. The minimum Gasteiger partial charge on any atom is -0.504 e. The molecule has 6 amide bonds. The zero-order chi connectivity index (χ0) is 34.0. The van der Waals surface area contributed by atoms with Gasteiger partial charge in [-0.15, -0.1) is 11.8 Å². The molecule has 0 aliphatic carbocycles. The number of esters is 1. The first-order valence-corrected chi connectivity index (χ1v) is 15.2. The zero-order valence-electron chi connectivity index (χ0n) is 24.7. The number of carboxylic acids is 1. The SMILES string of the molecule is CC(=O)OCC1=C(C(=O)O)N2C(=O)[C@@H](NC(=O)C(NC(=O)N3CCN(Cc4ccc(O)c(O)c4)C(=O)C3=O)c3ccccc3)[C@@H]2SC1. The van der Waals surface area contributed by atoms with Crippen molar-refractivity contribution >= 4 is 53.4 Å². The second-order valence-electron chi connectivity index (χ2n) is 10.7. The van der Waals surface area contributed by atoms with Crippen molar-refractivity contribution in [2.24, 2.45) is 0 Å². The highest BCUT2D eigenvalue weighted by molar-refractivity contribution is 8.00. The molecule has 3 aliphatic heterocycles. The number of carbonyl (C=O) groups is 7. The molecule has 0 aromatic heterocycles. The van der Waals surface area contributed by atoms with Crippen molar-refractivity contribution in [3.63, 3.8) is 0 Å². The van der Waals surface area contributed by atoms with E-state index in [9.17, 15) is 48.9 Å². The Morgan fingerprint density at radius 3 is 2.38 bits per heavy atom. The van der Waals surface area contributed by atoms with Crippen molar-refractivity contribution in [2.75, 3.05) is 25.4 Å². The van der Waals surface area contributed by atoms with Gasteiger partial charge in [0.1, 0.15) is 29.8 Å². The Labute approximate surface area is 270 Å². The normalized spacial score (nSPS) is 19.9. The largest absolute Gasteiger partial charge is 0.504 e. The molecule has 17 heteroatoms. The quantitative estimate of drug-likeness (QED) is 0.103. The summed E-state index contributed by atoms with van der Waals surface area (Å²) in [5.41, 5.74) is 0.634. The number of β-lactam (4-membered cyclic amide) rings is 1. The van der Waals surface area contributed by atoms with E-state index in [1.54, 1.807) is 30.3 Å². The number of imide groups is 1. The summed E-state index contributed by atoms with van der Waals surface area (Å²) in [6.45, 7) is 0.529. The number of carbonyl (C=O) groups excluding carboxylic acids is 6. The van der Waals surface area contributed by atoms with Crippen LogP contribution in [0.1, 0.15) is 24.1 Å². The van der Waals surface area contributed by atoms with E-state index >= 15 is 0 Å². The van der Waals surface area contributed by atoms with Crippen LogP contribution in [0.4, 0.5) is 4.79 Å². The van der Waals surface area contributed by atoms with E-state index in [4.69, 9.17) is 4.74 Å². The number of amides is 6. The first kappa shape index (κ1) is 32.8. The Bertz CT molecular complexity index is 1700. The first-order chi connectivity index (χ1) is 22.4. The van der Waals surface area contributed by atoms with E-state index in [1.807, 2.05) is 0 Å². The van der Waals surface area contributed by atoms with E-state index < -0.39 is 64.8 Å². The summed E-state index contributed by atoms with van der Waals surface area (Å²) in [7, 11) is 0. The average molecular weight is 668 g/mol. The summed E-state index contributed by atoms with van der Waals surface area (Å²) in [4.78, 5) is 91.9. The third-order valence-corrected chi connectivity index (χ3v) is 8.97. The Morgan fingerprint density at radius 2 is 1.72 bits per heavy atom. The highest BCUT2D eigenvalue weighted by atomic mass is 32.2. The molecule has 1 unspecified atom stereocenters. The van der Waals surface area contributed by atoms with E-state index in [0.29, 0.717) is 16.0 Å². The molecule has 2 fully saturated rings. The van der Waals surface area contributed by atoms with Gasteiger partial charge in [-0.1, -0.05) is 36.4 Å². The van der Waals surface area contributed by atoms with Crippen molar-refractivity contribution in [3.8, 4) is 11.5 Å². The van der Waals surface area contributed by atoms with Crippen molar-refractivity contribution in [3.05, 3.63) is 70.9 Å². The number of nitrogens with one attached hydrogen (secondary N) is 2. The van der Waals surface area contributed by atoms with Gasteiger partial charge in [0.15, 0.2) is 11.5 Å². The lowest BCUT2D eigenvalue weighted by Crippen LogP contribution is -2.71. The van der Waals surface area contributed by atoms with E-state index in [2.05, 4.69) is 10.6 Å². The monoisotopic (exact) mass is 667 g/mol. The number of urea groups is 1. The van der Waals surface area contributed by atoms with Crippen LogP contribution < -0.4 is 10.6 Å². The van der Waals surface area contributed by atoms with Gasteiger partial charge in [-0.2, -0.15) is 0 Å². The van der Waals surface area contributed by atoms with Crippen LogP contribution in [0.3, 0.4) is 0 Å². The lowest BCUT2D eigenvalue weighted by atomic mass is 10.0. The molecule has 2 saturated heterocycles. The standard InChI is InChI=1S/C30H29N5O11S/c1-15(36)46-13-18-14-47-28-22(25(40)35(28)23(18)29(43)44)31-24(39)21(17-5-3-2-4-6-17)32-30(45)34-10-9-33(26(41)27(34)42)12-16-7-8-19(37)20(38)11-16/h2-8,11,21-22,28,37-38H,9-10,12-14H2,1H3,(H,31,39)(H,32,45)(H,43,44)/t21?,22-,28+/m1/s1. The van der Waals surface area contributed by atoms with Crippen molar-refractivity contribution in [1.82, 2.24) is 25.3 Å². The molecule has 2 aromatic rings. The second kappa shape index (κ2) is 13.4. The molecule has 2 aromatic carbocycles. The number of carboxylic acid groups (broad SMARTS) is 1.